The minimum absolute atomic E-state index is 0.163. The van der Waals surface area contributed by atoms with Crippen molar-refractivity contribution in [2.75, 3.05) is 10.2 Å². The Labute approximate surface area is 142 Å². The van der Waals surface area contributed by atoms with Crippen LogP contribution in [0.2, 0.25) is 0 Å². The summed E-state index contributed by atoms with van der Waals surface area (Å²) in [7, 11) is 0. The van der Waals surface area contributed by atoms with Crippen molar-refractivity contribution in [3.05, 3.63) is 58.7 Å². The van der Waals surface area contributed by atoms with Crippen LogP contribution in [0.3, 0.4) is 0 Å². The average molecular weight is 322 g/mol. The van der Waals surface area contributed by atoms with Crippen molar-refractivity contribution in [3.8, 4) is 0 Å². The first kappa shape index (κ1) is 16.2. The summed E-state index contributed by atoms with van der Waals surface area (Å²) in [6.07, 6.45) is 0.180. The molecule has 2 aromatic carbocycles. The van der Waals surface area contributed by atoms with Gasteiger partial charge in [-0.2, -0.15) is 0 Å². The molecule has 1 aliphatic rings. The molecule has 1 saturated heterocycles. The number of carbonyl (C=O) groups excluding carboxylic acids is 2. The summed E-state index contributed by atoms with van der Waals surface area (Å²) in [6, 6.07) is 11.1. The Kier molecular flexibility index (Phi) is 4.14. The molecule has 1 heterocycles. The third kappa shape index (κ3) is 2.92. The Morgan fingerprint density at radius 3 is 2.08 bits per heavy atom. The number of rotatable bonds is 3. The molecule has 0 aliphatic carbocycles. The molecule has 24 heavy (non-hydrogen) atoms. The molecule has 0 bridgehead atoms. The number of nitrogens with zero attached hydrogens (tertiary/aromatic N) is 1. The largest absolute Gasteiger partial charge is 0.373 e. The number of amides is 2. The molecule has 1 aliphatic heterocycles. The molecule has 1 fully saturated rings. The number of imide groups is 1. The molecule has 1 N–H and O–H groups in total. The van der Waals surface area contributed by atoms with E-state index in [1.165, 1.54) is 10.5 Å². The molecule has 0 radical (unpaired) electrons. The molecule has 3 rings (SSSR count). The van der Waals surface area contributed by atoms with E-state index < -0.39 is 6.04 Å². The maximum Gasteiger partial charge on any atom is 0.256 e. The highest BCUT2D eigenvalue weighted by molar-refractivity contribution is 6.23. The third-order valence-electron chi connectivity index (χ3n) is 4.43. The van der Waals surface area contributed by atoms with Gasteiger partial charge in [-0.3, -0.25) is 9.59 Å². The molecule has 0 saturated carbocycles. The Morgan fingerprint density at radius 1 is 0.917 bits per heavy atom. The molecule has 0 unspecified atom stereocenters. The lowest BCUT2D eigenvalue weighted by Crippen LogP contribution is -2.35. The van der Waals surface area contributed by atoms with Crippen LogP contribution >= 0.6 is 0 Å². The summed E-state index contributed by atoms with van der Waals surface area (Å²) >= 11 is 0. The number of benzene rings is 2. The predicted octanol–water partition coefficient (Wildman–Crippen LogP) is 3.66. The summed E-state index contributed by atoms with van der Waals surface area (Å²) in [6.45, 7) is 8.06. The number of nitrogens with one attached hydrogen (secondary N) is 1. The lowest BCUT2D eigenvalue weighted by atomic mass is 10.0. The van der Waals surface area contributed by atoms with Crippen molar-refractivity contribution in [1.82, 2.24) is 0 Å². The highest BCUT2D eigenvalue weighted by Crippen LogP contribution is 2.28. The third-order valence-corrected chi connectivity index (χ3v) is 4.43. The van der Waals surface area contributed by atoms with Crippen LogP contribution in [0.4, 0.5) is 11.4 Å². The zero-order valence-electron chi connectivity index (χ0n) is 14.5. The van der Waals surface area contributed by atoms with Gasteiger partial charge in [0.15, 0.2) is 0 Å². The van der Waals surface area contributed by atoms with Crippen molar-refractivity contribution < 1.29 is 9.59 Å². The number of anilines is 2. The van der Waals surface area contributed by atoms with Gasteiger partial charge in [-0.1, -0.05) is 35.4 Å². The fourth-order valence-corrected chi connectivity index (χ4v) is 3.29. The zero-order valence-corrected chi connectivity index (χ0v) is 14.5. The van der Waals surface area contributed by atoms with Gasteiger partial charge in [-0.05, 0) is 51.0 Å². The second-order valence-electron chi connectivity index (χ2n) is 6.58. The van der Waals surface area contributed by atoms with Crippen LogP contribution in [0.1, 0.15) is 28.7 Å². The molecule has 2 aromatic rings. The second-order valence-corrected chi connectivity index (χ2v) is 6.58. The molecular weight excluding hydrogens is 300 g/mol. The number of hydrogen-bond acceptors (Lipinski definition) is 3. The summed E-state index contributed by atoms with van der Waals surface area (Å²) in [5.74, 6) is -0.355. The van der Waals surface area contributed by atoms with Crippen molar-refractivity contribution >= 4 is 23.2 Å². The van der Waals surface area contributed by atoms with Gasteiger partial charge < -0.3 is 5.32 Å². The Bertz CT molecular complexity index is 786. The van der Waals surface area contributed by atoms with Crippen molar-refractivity contribution in [3.63, 3.8) is 0 Å². The minimum Gasteiger partial charge on any atom is -0.373 e. The summed E-state index contributed by atoms with van der Waals surface area (Å²) < 4.78 is 0. The van der Waals surface area contributed by atoms with Crippen molar-refractivity contribution in [1.29, 1.82) is 0 Å². The molecule has 4 heteroatoms. The van der Waals surface area contributed by atoms with Crippen molar-refractivity contribution in [2.45, 2.75) is 40.2 Å². The first-order chi connectivity index (χ1) is 11.4. The van der Waals surface area contributed by atoms with Gasteiger partial charge in [-0.25, -0.2) is 4.90 Å². The predicted molar refractivity (Wildman–Crippen MR) is 96.4 cm³/mol. The lowest BCUT2D eigenvalue weighted by Gasteiger charge is -2.19. The van der Waals surface area contributed by atoms with E-state index in [1.54, 1.807) is 0 Å². The van der Waals surface area contributed by atoms with Gasteiger partial charge >= 0.3 is 0 Å². The van der Waals surface area contributed by atoms with Gasteiger partial charge in [0.05, 0.1) is 12.1 Å². The molecule has 0 aromatic heterocycles. The van der Waals surface area contributed by atoms with Crippen LogP contribution in [0.25, 0.3) is 0 Å². The van der Waals surface area contributed by atoms with Crippen LogP contribution < -0.4 is 10.2 Å². The van der Waals surface area contributed by atoms with E-state index in [9.17, 15) is 9.59 Å². The van der Waals surface area contributed by atoms with E-state index in [1.807, 2.05) is 52.0 Å². The average Bonchev–Trinajstić information content (AvgIpc) is 2.78. The molecule has 0 spiro atoms. The van der Waals surface area contributed by atoms with Gasteiger partial charge in [-0.15, -0.1) is 0 Å². The quantitative estimate of drug-likeness (QED) is 0.877. The van der Waals surface area contributed by atoms with Gasteiger partial charge in [0.1, 0.15) is 6.04 Å². The van der Waals surface area contributed by atoms with E-state index in [4.69, 9.17) is 0 Å². The number of hydrogen-bond donors (Lipinski definition) is 1. The topological polar surface area (TPSA) is 49.4 Å². The van der Waals surface area contributed by atoms with Crippen LogP contribution in [0.15, 0.2) is 36.4 Å². The van der Waals surface area contributed by atoms with E-state index >= 15 is 0 Å². The molecule has 124 valence electrons. The smallest absolute Gasteiger partial charge is 0.256 e. The van der Waals surface area contributed by atoms with Crippen LogP contribution in [-0.2, 0) is 9.59 Å². The maximum atomic E-state index is 12.7. The number of aryl methyl sites for hydroxylation is 4. The number of carbonyl (C=O) groups is 2. The molecule has 2 amide bonds. The van der Waals surface area contributed by atoms with Gasteiger partial charge in [0.25, 0.3) is 5.91 Å². The fraction of sp³-hybridized carbons (Fsp3) is 0.300. The Morgan fingerprint density at radius 2 is 1.50 bits per heavy atom. The summed E-state index contributed by atoms with van der Waals surface area (Å²) in [5, 5.41) is 3.28. The Hall–Kier alpha value is -2.62. The Balaban J connectivity index is 1.86. The summed E-state index contributed by atoms with van der Waals surface area (Å²) in [5.41, 5.74) is 6.03. The van der Waals surface area contributed by atoms with E-state index in [2.05, 4.69) is 17.4 Å². The van der Waals surface area contributed by atoms with Gasteiger partial charge in [0.2, 0.25) is 5.91 Å². The SMILES string of the molecule is Cc1ccc(N2C(=O)C[C@@H](Nc3c(C)cc(C)cc3C)C2=O)cc1. The minimum atomic E-state index is -0.515. The zero-order chi connectivity index (χ0) is 17.4. The van der Waals surface area contributed by atoms with E-state index in [0.717, 1.165) is 22.4 Å². The van der Waals surface area contributed by atoms with Crippen LogP contribution in [0.5, 0.6) is 0 Å². The monoisotopic (exact) mass is 322 g/mol. The second kappa shape index (κ2) is 6.11. The van der Waals surface area contributed by atoms with E-state index in [0.29, 0.717) is 5.69 Å². The highest BCUT2D eigenvalue weighted by atomic mass is 16.2. The first-order valence-corrected chi connectivity index (χ1v) is 8.14. The summed E-state index contributed by atoms with van der Waals surface area (Å²) in [4.78, 5) is 26.4. The molecule has 4 nitrogen and oxygen atoms in total. The normalized spacial score (nSPS) is 17.5. The lowest BCUT2D eigenvalue weighted by molar-refractivity contribution is -0.121. The molecule has 1 atom stereocenters. The maximum absolute atomic E-state index is 12.7. The van der Waals surface area contributed by atoms with E-state index in [-0.39, 0.29) is 18.2 Å². The van der Waals surface area contributed by atoms with Crippen LogP contribution in [-0.4, -0.2) is 17.9 Å². The molecular formula is C20H22N2O2. The van der Waals surface area contributed by atoms with Crippen molar-refractivity contribution in [2.24, 2.45) is 0 Å². The van der Waals surface area contributed by atoms with Crippen LogP contribution in [0, 0.1) is 27.7 Å². The fourth-order valence-electron chi connectivity index (χ4n) is 3.29. The highest BCUT2D eigenvalue weighted by Gasteiger charge is 2.39. The standard InChI is InChI=1S/C20H22N2O2/c1-12-5-7-16(8-6-12)22-18(23)11-17(20(22)24)21-19-14(3)9-13(2)10-15(19)4/h5-10,17,21H,11H2,1-4H3/t17-/m1/s1. The first-order valence-electron chi connectivity index (χ1n) is 8.14. The van der Waals surface area contributed by atoms with Gasteiger partial charge in [0, 0.05) is 5.69 Å².